The van der Waals surface area contributed by atoms with Gasteiger partial charge in [-0.3, -0.25) is 4.79 Å². The zero-order valence-electron chi connectivity index (χ0n) is 12.3. The number of carbonyl (C=O) groups is 1. The molecule has 0 aliphatic carbocycles. The van der Waals surface area contributed by atoms with Crippen molar-refractivity contribution in [3.63, 3.8) is 0 Å². The van der Waals surface area contributed by atoms with Crippen LogP contribution in [0.3, 0.4) is 0 Å². The summed E-state index contributed by atoms with van der Waals surface area (Å²) in [6.07, 6.45) is 13.1. The summed E-state index contributed by atoms with van der Waals surface area (Å²) >= 11 is 0. The van der Waals surface area contributed by atoms with Crippen molar-refractivity contribution < 1.29 is 9.18 Å². The Morgan fingerprint density at radius 3 is 1.61 bits per heavy atom. The van der Waals surface area contributed by atoms with Crippen LogP contribution in [0, 0.1) is 0 Å². The van der Waals surface area contributed by atoms with E-state index in [4.69, 9.17) is 0 Å². The summed E-state index contributed by atoms with van der Waals surface area (Å²) in [5, 5.41) is 0. The van der Waals surface area contributed by atoms with Gasteiger partial charge in [0.05, 0.1) is 0 Å². The first-order chi connectivity index (χ1) is 8.68. The first kappa shape index (κ1) is 17.6. The van der Waals surface area contributed by atoms with Gasteiger partial charge in [0.2, 0.25) is 0 Å². The van der Waals surface area contributed by atoms with Crippen molar-refractivity contribution in [3.05, 3.63) is 0 Å². The average molecular weight is 258 g/mol. The molecule has 0 amide bonds. The van der Waals surface area contributed by atoms with Crippen molar-refractivity contribution in [2.45, 2.75) is 97.1 Å². The topological polar surface area (TPSA) is 17.1 Å². The number of unbranched alkanes of at least 4 members (excludes halogenated alkanes) is 10. The van der Waals surface area contributed by atoms with Gasteiger partial charge in [0.25, 0.3) is 0 Å². The van der Waals surface area contributed by atoms with Crippen molar-refractivity contribution in [2.24, 2.45) is 0 Å². The van der Waals surface area contributed by atoms with Crippen molar-refractivity contribution >= 4 is 5.78 Å². The van der Waals surface area contributed by atoms with Gasteiger partial charge in [0, 0.05) is 6.42 Å². The SMILES string of the molecule is CCCCCCCCCCCCCC(=O)C(C)F. The molecule has 1 unspecified atom stereocenters. The summed E-state index contributed by atoms with van der Waals surface area (Å²) in [5.74, 6) is -0.231. The van der Waals surface area contributed by atoms with Crippen LogP contribution in [0.5, 0.6) is 0 Å². The van der Waals surface area contributed by atoms with E-state index < -0.39 is 6.17 Å². The lowest BCUT2D eigenvalue weighted by atomic mass is 10.0. The molecule has 0 saturated heterocycles. The number of alkyl halides is 1. The second kappa shape index (κ2) is 13.0. The van der Waals surface area contributed by atoms with Crippen LogP contribution in [0.2, 0.25) is 0 Å². The minimum atomic E-state index is -1.27. The van der Waals surface area contributed by atoms with Crippen molar-refractivity contribution in [1.29, 1.82) is 0 Å². The summed E-state index contributed by atoms with van der Waals surface area (Å²) in [6, 6.07) is 0. The molecule has 1 atom stereocenters. The van der Waals surface area contributed by atoms with Gasteiger partial charge in [-0.25, -0.2) is 4.39 Å². The molecule has 108 valence electrons. The molecule has 0 aromatic rings. The molecule has 0 rings (SSSR count). The quantitative estimate of drug-likeness (QED) is 0.392. The predicted octanol–water partition coefficient (Wildman–Crippen LogP) is 5.61. The Balaban J connectivity index is 3.05. The van der Waals surface area contributed by atoms with Crippen LogP contribution < -0.4 is 0 Å². The third kappa shape index (κ3) is 12.1. The van der Waals surface area contributed by atoms with Gasteiger partial charge in [0.1, 0.15) is 0 Å². The summed E-state index contributed by atoms with van der Waals surface area (Å²) in [5.41, 5.74) is 0. The van der Waals surface area contributed by atoms with Gasteiger partial charge in [-0.1, -0.05) is 71.1 Å². The standard InChI is InChI=1S/C16H31FO/c1-3-4-5-6-7-8-9-10-11-12-13-14-16(18)15(2)17/h15H,3-14H2,1-2H3. The molecule has 0 aromatic carbocycles. The fraction of sp³-hybridized carbons (Fsp3) is 0.938. The number of ketones is 1. The average Bonchev–Trinajstić information content (AvgIpc) is 2.35. The lowest BCUT2D eigenvalue weighted by Crippen LogP contribution is -2.10. The number of hydrogen-bond donors (Lipinski definition) is 0. The van der Waals surface area contributed by atoms with E-state index in [1.807, 2.05) is 0 Å². The molecule has 0 N–H and O–H groups in total. The lowest BCUT2D eigenvalue weighted by Gasteiger charge is -2.03. The monoisotopic (exact) mass is 258 g/mol. The van der Waals surface area contributed by atoms with E-state index in [2.05, 4.69) is 6.92 Å². The molecule has 0 aliphatic rings. The summed E-state index contributed by atoms with van der Waals surface area (Å²) < 4.78 is 12.5. The second-order valence-corrected chi connectivity index (χ2v) is 5.37. The highest BCUT2D eigenvalue weighted by Crippen LogP contribution is 2.12. The molecule has 0 radical (unpaired) electrons. The normalized spacial score (nSPS) is 12.6. The van der Waals surface area contributed by atoms with Crippen LogP contribution in [0.4, 0.5) is 4.39 Å². The number of rotatable bonds is 13. The van der Waals surface area contributed by atoms with Gasteiger partial charge >= 0.3 is 0 Å². The first-order valence-electron chi connectivity index (χ1n) is 7.85. The van der Waals surface area contributed by atoms with Crippen LogP contribution in [-0.2, 0) is 4.79 Å². The van der Waals surface area contributed by atoms with Gasteiger partial charge < -0.3 is 0 Å². The Bertz CT molecular complexity index is 190. The predicted molar refractivity (Wildman–Crippen MR) is 76.7 cm³/mol. The largest absolute Gasteiger partial charge is 0.296 e. The minimum absolute atomic E-state index is 0.231. The summed E-state index contributed by atoms with van der Waals surface area (Å²) in [6.45, 7) is 3.58. The van der Waals surface area contributed by atoms with Crippen LogP contribution in [0.15, 0.2) is 0 Å². The molecule has 0 heterocycles. The van der Waals surface area contributed by atoms with Gasteiger partial charge in [-0.05, 0) is 13.3 Å². The number of hydrogen-bond acceptors (Lipinski definition) is 1. The zero-order chi connectivity index (χ0) is 13.6. The van der Waals surface area contributed by atoms with Crippen molar-refractivity contribution in [2.75, 3.05) is 0 Å². The Morgan fingerprint density at radius 1 is 0.833 bits per heavy atom. The van der Waals surface area contributed by atoms with Crippen LogP contribution in [0.1, 0.15) is 90.9 Å². The fourth-order valence-electron chi connectivity index (χ4n) is 2.16. The van der Waals surface area contributed by atoms with E-state index in [0.29, 0.717) is 6.42 Å². The molecular weight excluding hydrogens is 227 g/mol. The molecular formula is C16H31FO. The van der Waals surface area contributed by atoms with Crippen LogP contribution in [0.25, 0.3) is 0 Å². The minimum Gasteiger partial charge on any atom is -0.296 e. The van der Waals surface area contributed by atoms with Crippen LogP contribution in [-0.4, -0.2) is 12.0 Å². The smallest absolute Gasteiger partial charge is 0.166 e. The third-order valence-corrected chi connectivity index (χ3v) is 3.47. The molecule has 2 heteroatoms. The molecule has 18 heavy (non-hydrogen) atoms. The van der Waals surface area contributed by atoms with E-state index in [9.17, 15) is 9.18 Å². The fourth-order valence-corrected chi connectivity index (χ4v) is 2.16. The maximum Gasteiger partial charge on any atom is 0.166 e. The van der Waals surface area contributed by atoms with E-state index in [1.54, 1.807) is 0 Å². The second-order valence-electron chi connectivity index (χ2n) is 5.37. The van der Waals surface area contributed by atoms with Gasteiger partial charge in [0.15, 0.2) is 12.0 Å². The molecule has 0 fully saturated rings. The lowest BCUT2D eigenvalue weighted by molar-refractivity contribution is -0.123. The Morgan fingerprint density at radius 2 is 1.22 bits per heavy atom. The Labute approximate surface area is 113 Å². The van der Waals surface area contributed by atoms with Crippen LogP contribution >= 0.6 is 0 Å². The maximum absolute atomic E-state index is 12.5. The molecule has 0 aromatic heterocycles. The number of carbonyl (C=O) groups excluding carboxylic acids is 1. The molecule has 1 nitrogen and oxygen atoms in total. The van der Waals surface area contributed by atoms with Gasteiger partial charge in [-0.15, -0.1) is 0 Å². The Hall–Kier alpha value is -0.400. The van der Waals surface area contributed by atoms with Gasteiger partial charge in [-0.2, -0.15) is 0 Å². The number of halogens is 1. The zero-order valence-corrected chi connectivity index (χ0v) is 12.3. The maximum atomic E-state index is 12.5. The molecule has 0 aliphatic heterocycles. The molecule has 0 spiro atoms. The van der Waals surface area contributed by atoms with E-state index >= 15 is 0 Å². The van der Waals surface area contributed by atoms with E-state index in [1.165, 1.54) is 64.7 Å². The summed E-state index contributed by atoms with van der Waals surface area (Å²) in [4.78, 5) is 11.0. The van der Waals surface area contributed by atoms with E-state index in [0.717, 1.165) is 12.8 Å². The van der Waals surface area contributed by atoms with E-state index in [-0.39, 0.29) is 5.78 Å². The van der Waals surface area contributed by atoms with Crippen molar-refractivity contribution in [3.8, 4) is 0 Å². The number of Topliss-reactive ketones (excluding diaryl/α,β-unsaturated/α-hetero) is 1. The first-order valence-corrected chi connectivity index (χ1v) is 7.85. The molecule has 0 saturated carbocycles. The third-order valence-electron chi connectivity index (χ3n) is 3.47. The highest BCUT2D eigenvalue weighted by atomic mass is 19.1. The van der Waals surface area contributed by atoms with Crippen molar-refractivity contribution in [1.82, 2.24) is 0 Å². The Kier molecular flexibility index (Phi) is 12.8. The highest BCUT2D eigenvalue weighted by Gasteiger charge is 2.09. The molecule has 0 bridgehead atoms. The highest BCUT2D eigenvalue weighted by molar-refractivity contribution is 5.82. The summed E-state index contributed by atoms with van der Waals surface area (Å²) in [7, 11) is 0.